The molecular formula is C14H17N3OS. The average molecular weight is 275 g/mol. The lowest BCUT2D eigenvalue weighted by atomic mass is 10.2. The minimum Gasteiger partial charge on any atom is -0.355 e. The van der Waals surface area contributed by atoms with E-state index in [2.05, 4.69) is 10.4 Å². The molecule has 0 spiro atoms. The van der Waals surface area contributed by atoms with Gasteiger partial charge >= 0.3 is 0 Å². The number of nitrogens with zero attached hydrogens (tertiary/aromatic N) is 2. The summed E-state index contributed by atoms with van der Waals surface area (Å²) in [6.07, 6.45) is 6.03. The Labute approximate surface area is 117 Å². The molecule has 0 unspecified atom stereocenters. The molecule has 0 saturated carbocycles. The number of amides is 1. The van der Waals surface area contributed by atoms with Crippen LogP contribution >= 0.6 is 11.8 Å². The number of thioether (sulfide) groups is 1. The van der Waals surface area contributed by atoms with Crippen LogP contribution in [0.1, 0.15) is 5.56 Å². The van der Waals surface area contributed by atoms with Crippen molar-refractivity contribution in [2.24, 2.45) is 0 Å². The van der Waals surface area contributed by atoms with Crippen LogP contribution in [0.2, 0.25) is 0 Å². The number of aromatic nitrogens is 2. The number of para-hydroxylation sites is 1. The monoisotopic (exact) mass is 275 g/mol. The molecular weight excluding hydrogens is 258 g/mol. The van der Waals surface area contributed by atoms with Crippen LogP contribution in [0, 0.1) is 0 Å². The summed E-state index contributed by atoms with van der Waals surface area (Å²) in [6.45, 7) is 0.715. The minimum absolute atomic E-state index is 0.0432. The zero-order chi connectivity index (χ0) is 13.5. The number of carbonyl (C=O) groups excluding carboxylic acids is 1. The topological polar surface area (TPSA) is 46.9 Å². The zero-order valence-electron chi connectivity index (χ0n) is 10.9. The fourth-order valence-corrected chi connectivity index (χ4v) is 2.02. The third-order valence-electron chi connectivity index (χ3n) is 2.65. The second kappa shape index (κ2) is 6.99. The van der Waals surface area contributed by atoms with Gasteiger partial charge in [0, 0.05) is 18.5 Å². The Kier molecular flexibility index (Phi) is 5.03. The Morgan fingerprint density at radius 1 is 1.37 bits per heavy atom. The van der Waals surface area contributed by atoms with Crippen molar-refractivity contribution in [1.82, 2.24) is 15.1 Å². The van der Waals surface area contributed by atoms with E-state index < -0.39 is 0 Å². The van der Waals surface area contributed by atoms with Gasteiger partial charge in [0.05, 0.1) is 18.3 Å². The van der Waals surface area contributed by atoms with Crippen molar-refractivity contribution >= 4 is 17.7 Å². The first-order valence-electron chi connectivity index (χ1n) is 6.14. The summed E-state index contributed by atoms with van der Waals surface area (Å²) < 4.78 is 1.78. The first-order valence-corrected chi connectivity index (χ1v) is 7.53. The number of carbonyl (C=O) groups is 1. The summed E-state index contributed by atoms with van der Waals surface area (Å²) in [4.78, 5) is 11.7. The van der Waals surface area contributed by atoms with Gasteiger partial charge in [0.1, 0.15) is 0 Å². The Morgan fingerprint density at radius 3 is 2.89 bits per heavy atom. The highest BCUT2D eigenvalue weighted by Crippen LogP contribution is 2.07. The standard InChI is InChI=1S/C14H17N3OS/c1-19-8-7-15-14(18)9-12-10-16-17(11-12)13-5-3-2-4-6-13/h2-6,10-11H,7-9H2,1H3,(H,15,18). The molecule has 0 aliphatic rings. The highest BCUT2D eigenvalue weighted by molar-refractivity contribution is 7.98. The molecule has 0 aliphatic heterocycles. The first-order chi connectivity index (χ1) is 9.29. The second-order valence-corrected chi connectivity index (χ2v) is 5.13. The van der Waals surface area contributed by atoms with Crippen molar-refractivity contribution in [3.05, 3.63) is 48.3 Å². The molecule has 0 atom stereocenters. The van der Waals surface area contributed by atoms with E-state index in [1.165, 1.54) is 0 Å². The Morgan fingerprint density at radius 2 is 2.16 bits per heavy atom. The highest BCUT2D eigenvalue weighted by Gasteiger charge is 2.06. The van der Waals surface area contributed by atoms with Gasteiger partial charge in [-0.3, -0.25) is 4.79 Å². The number of nitrogens with one attached hydrogen (secondary N) is 1. The minimum atomic E-state index is 0.0432. The molecule has 1 heterocycles. The fourth-order valence-electron chi connectivity index (χ4n) is 1.71. The molecule has 0 saturated heterocycles. The van der Waals surface area contributed by atoms with Crippen LogP contribution in [-0.2, 0) is 11.2 Å². The summed E-state index contributed by atoms with van der Waals surface area (Å²) in [5, 5.41) is 7.15. The van der Waals surface area contributed by atoms with E-state index in [0.29, 0.717) is 13.0 Å². The molecule has 0 bridgehead atoms. The number of benzene rings is 1. The maximum Gasteiger partial charge on any atom is 0.224 e. The van der Waals surface area contributed by atoms with Crippen LogP contribution in [0.25, 0.3) is 5.69 Å². The lowest BCUT2D eigenvalue weighted by Gasteiger charge is -2.02. The maximum atomic E-state index is 11.7. The lowest BCUT2D eigenvalue weighted by molar-refractivity contribution is -0.120. The van der Waals surface area contributed by atoms with Gasteiger partial charge in [-0.2, -0.15) is 16.9 Å². The van der Waals surface area contributed by atoms with Crippen molar-refractivity contribution in [2.75, 3.05) is 18.6 Å². The van der Waals surface area contributed by atoms with E-state index in [0.717, 1.165) is 17.0 Å². The van der Waals surface area contributed by atoms with Crippen LogP contribution in [0.15, 0.2) is 42.7 Å². The molecule has 100 valence electrons. The first kappa shape index (κ1) is 13.7. The Hall–Kier alpha value is -1.75. The lowest BCUT2D eigenvalue weighted by Crippen LogP contribution is -2.27. The molecule has 0 aliphatic carbocycles. The molecule has 1 amide bonds. The van der Waals surface area contributed by atoms with Crippen LogP contribution < -0.4 is 5.32 Å². The zero-order valence-corrected chi connectivity index (χ0v) is 11.7. The normalized spacial score (nSPS) is 10.4. The molecule has 1 aromatic heterocycles. The average Bonchev–Trinajstić information content (AvgIpc) is 2.88. The van der Waals surface area contributed by atoms with Crippen molar-refractivity contribution < 1.29 is 4.79 Å². The largest absolute Gasteiger partial charge is 0.355 e. The van der Waals surface area contributed by atoms with Crippen molar-refractivity contribution in [1.29, 1.82) is 0 Å². The highest BCUT2D eigenvalue weighted by atomic mass is 32.2. The molecule has 1 aromatic carbocycles. The molecule has 4 nitrogen and oxygen atoms in total. The molecule has 5 heteroatoms. The summed E-state index contributed by atoms with van der Waals surface area (Å²) >= 11 is 1.72. The summed E-state index contributed by atoms with van der Waals surface area (Å²) in [5.41, 5.74) is 1.92. The van der Waals surface area contributed by atoms with Crippen LogP contribution in [-0.4, -0.2) is 34.2 Å². The predicted molar refractivity (Wildman–Crippen MR) is 78.7 cm³/mol. The summed E-state index contributed by atoms with van der Waals surface area (Å²) in [6, 6.07) is 9.86. The molecule has 1 N–H and O–H groups in total. The smallest absolute Gasteiger partial charge is 0.224 e. The summed E-state index contributed by atoms with van der Waals surface area (Å²) in [5.74, 6) is 0.983. The Balaban J connectivity index is 1.93. The van der Waals surface area contributed by atoms with Gasteiger partial charge in [0.2, 0.25) is 5.91 Å². The second-order valence-electron chi connectivity index (χ2n) is 4.15. The number of hydrogen-bond acceptors (Lipinski definition) is 3. The molecule has 2 aromatic rings. The van der Waals surface area contributed by atoms with Gasteiger partial charge in [0.15, 0.2) is 0 Å². The Bertz CT molecular complexity index is 524. The van der Waals surface area contributed by atoms with Gasteiger partial charge in [-0.05, 0) is 24.0 Å². The van der Waals surface area contributed by atoms with Crippen molar-refractivity contribution in [3.63, 3.8) is 0 Å². The third kappa shape index (κ3) is 4.13. The van der Waals surface area contributed by atoms with E-state index in [9.17, 15) is 4.79 Å². The molecule has 2 rings (SSSR count). The van der Waals surface area contributed by atoms with E-state index in [4.69, 9.17) is 0 Å². The maximum absolute atomic E-state index is 11.7. The van der Waals surface area contributed by atoms with E-state index in [1.807, 2.05) is 42.8 Å². The van der Waals surface area contributed by atoms with E-state index in [1.54, 1.807) is 22.6 Å². The fraction of sp³-hybridized carbons (Fsp3) is 0.286. The molecule has 0 fully saturated rings. The van der Waals surface area contributed by atoms with E-state index >= 15 is 0 Å². The predicted octanol–water partition coefficient (Wildman–Crippen LogP) is 1.89. The quantitative estimate of drug-likeness (QED) is 0.819. The summed E-state index contributed by atoms with van der Waals surface area (Å²) in [7, 11) is 0. The molecule has 19 heavy (non-hydrogen) atoms. The van der Waals surface area contributed by atoms with Crippen molar-refractivity contribution in [2.45, 2.75) is 6.42 Å². The van der Waals surface area contributed by atoms with Gasteiger partial charge in [-0.15, -0.1) is 0 Å². The van der Waals surface area contributed by atoms with Gasteiger partial charge < -0.3 is 5.32 Å². The van der Waals surface area contributed by atoms with Crippen molar-refractivity contribution in [3.8, 4) is 5.69 Å². The number of rotatable bonds is 6. The third-order valence-corrected chi connectivity index (χ3v) is 3.26. The van der Waals surface area contributed by atoms with E-state index in [-0.39, 0.29) is 5.91 Å². The molecule has 0 radical (unpaired) electrons. The van der Waals surface area contributed by atoms with Crippen LogP contribution in [0.4, 0.5) is 0 Å². The number of hydrogen-bond donors (Lipinski definition) is 1. The SMILES string of the molecule is CSCCNC(=O)Cc1cnn(-c2ccccc2)c1. The van der Waals surface area contributed by atoms with Crippen LogP contribution in [0.5, 0.6) is 0 Å². The van der Waals surface area contributed by atoms with Crippen LogP contribution in [0.3, 0.4) is 0 Å². The van der Waals surface area contributed by atoms with Gasteiger partial charge in [-0.25, -0.2) is 4.68 Å². The van der Waals surface area contributed by atoms with Gasteiger partial charge in [0.25, 0.3) is 0 Å². The van der Waals surface area contributed by atoms with Gasteiger partial charge in [-0.1, -0.05) is 18.2 Å².